The van der Waals surface area contributed by atoms with E-state index in [-0.39, 0.29) is 62.6 Å². The molecular weight excluding hydrogens is 861 g/mol. The van der Waals surface area contributed by atoms with E-state index in [1.165, 1.54) is 190 Å². The van der Waals surface area contributed by atoms with E-state index in [0.29, 0.717) is 12.8 Å². The van der Waals surface area contributed by atoms with Crippen LogP contribution in [0.2, 0.25) is 0 Å². The molecule has 0 aliphatic heterocycles. The second kappa shape index (κ2) is 49.4. The minimum Gasteiger partial charge on any atom is -0.748 e. The van der Waals surface area contributed by atoms with Crippen LogP contribution in [0.3, 0.4) is 0 Å². The Hall–Kier alpha value is -0.500. The first-order chi connectivity index (χ1) is 29.7. The number of amides is 2. The maximum atomic E-state index is 11.9. The second-order valence-electron chi connectivity index (χ2n) is 17.7. The molecule has 0 aliphatic carbocycles. The number of hydrogen-bond donors (Lipinski definition) is 0. The molecule has 10 nitrogen and oxygen atoms in total. The van der Waals surface area contributed by atoms with Crippen molar-refractivity contribution in [2.45, 2.75) is 245 Å². The summed E-state index contributed by atoms with van der Waals surface area (Å²) in [6.07, 6.45) is 53.2. The predicted molar refractivity (Wildman–Crippen MR) is 266 cm³/mol. The molecule has 0 bridgehead atoms. The number of rotatable bonds is 44. The van der Waals surface area contributed by atoms with Crippen molar-refractivity contribution >= 4 is 69.8 Å². The van der Waals surface area contributed by atoms with E-state index in [1.807, 2.05) is 0 Å². The minimum atomic E-state index is -4.25. The fraction of sp³-hybridized carbons (Fsp3) is 0.880. The van der Waals surface area contributed by atoms with Gasteiger partial charge in [-0.25, -0.2) is 16.8 Å². The fourth-order valence-electron chi connectivity index (χ4n) is 7.24. The van der Waals surface area contributed by atoms with Crippen molar-refractivity contribution in [2.75, 3.05) is 38.7 Å². The summed E-state index contributed by atoms with van der Waals surface area (Å²) in [5.74, 6) is -1.18. The molecular formula is C50H96CaN2O8S2. The van der Waals surface area contributed by atoms with Gasteiger partial charge in [-0.2, -0.15) is 0 Å². The van der Waals surface area contributed by atoms with E-state index in [2.05, 4.69) is 38.2 Å². The molecule has 0 aliphatic rings. The standard InChI is InChI=1S/2C25H49NO4S.Ca/c2*1-3-4-5-6-7-8-9-10-11-12-13-14-15-16-17-18-19-20-21-22-25(27)26(2)23-24-31(28,29)30;/h2*10-11H,3-9,12-24H2,1-2H3,(H,28,29,30);/q;;+2/p-2/b2*11-10-;. The Bertz CT molecular complexity index is 1200. The van der Waals surface area contributed by atoms with Gasteiger partial charge in [0, 0.05) is 40.0 Å². The normalized spacial score (nSPS) is 11.8. The average Bonchev–Trinajstić information content (AvgIpc) is 3.23. The SMILES string of the molecule is CCCCCCCC/C=C\CCCCCCCCCCCC(=O)N(C)CCS(=O)(=O)[O-].CCCCCCCC/C=C\CCCCCCCCCCCC(=O)N(C)CCS(=O)(=O)[O-].[Ca+2]. The van der Waals surface area contributed by atoms with E-state index in [1.54, 1.807) is 14.1 Å². The van der Waals surface area contributed by atoms with Crippen molar-refractivity contribution in [1.29, 1.82) is 0 Å². The van der Waals surface area contributed by atoms with E-state index in [4.69, 9.17) is 0 Å². The largest absolute Gasteiger partial charge is 2.00 e. The molecule has 0 spiro atoms. The summed E-state index contributed by atoms with van der Waals surface area (Å²) in [6, 6.07) is 0. The van der Waals surface area contributed by atoms with Crippen molar-refractivity contribution < 1.29 is 35.5 Å². The molecule has 63 heavy (non-hydrogen) atoms. The Morgan fingerprint density at radius 1 is 0.381 bits per heavy atom. The van der Waals surface area contributed by atoms with Crippen LogP contribution in [0.25, 0.3) is 0 Å². The third-order valence-corrected chi connectivity index (χ3v) is 12.9. The summed E-state index contributed by atoms with van der Waals surface area (Å²) < 4.78 is 63.6. The summed E-state index contributed by atoms with van der Waals surface area (Å²) >= 11 is 0. The van der Waals surface area contributed by atoms with Crippen LogP contribution in [0.1, 0.15) is 245 Å². The number of nitrogens with zero attached hydrogens (tertiary/aromatic N) is 2. The van der Waals surface area contributed by atoms with E-state index < -0.39 is 31.7 Å². The Morgan fingerprint density at radius 3 is 0.810 bits per heavy atom. The van der Waals surface area contributed by atoms with Gasteiger partial charge in [0.25, 0.3) is 0 Å². The van der Waals surface area contributed by atoms with Crippen LogP contribution in [0.15, 0.2) is 24.3 Å². The molecule has 0 aromatic heterocycles. The van der Waals surface area contributed by atoms with Crippen LogP contribution >= 0.6 is 0 Å². The van der Waals surface area contributed by atoms with Crippen LogP contribution in [0.4, 0.5) is 0 Å². The number of unbranched alkanes of at least 4 members (excludes halogenated alkanes) is 30. The van der Waals surface area contributed by atoms with Gasteiger partial charge < -0.3 is 18.9 Å². The zero-order valence-electron chi connectivity index (χ0n) is 41.3. The van der Waals surface area contributed by atoms with Crippen LogP contribution in [0.5, 0.6) is 0 Å². The van der Waals surface area contributed by atoms with Crippen molar-refractivity contribution in [3.05, 3.63) is 24.3 Å². The Balaban J connectivity index is -0.00000112. The first kappa shape index (κ1) is 66.8. The molecule has 0 atom stereocenters. The van der Waals surface area contributed by atoms with E-state index >= 15 is 0 Å². The molecule has 0 unspecified atom stereocenters. The Morgan fingerprint density at radius 2 is 0.587 bits per heavy atom. The van der Waals surface area contributed by atoms with Gasteiger partial charge in [-0.1, -0.05) is 192 Å². The molecule has 0 saturated carbocycles. The van der Waals surface area contributed by atoms with Crippen LogP contribution in [-0.2, 0) is 29.8 Å². The molecule has 2 amide bonds. The third-order valence-electron chi connectivity index (χ3n) is 11.5. The summed E-state index contributed by atoms with van der Waals surface area (Å²) in [6.45, 7) is 4.50. The van der Waals surface area contributed by atoms with Crippen molar-refractivity contribution in [3.8, 4) is 0 Å². The molecule has 13 heteroatoms. The van der Waals surface area contributed by atoms with Gasteiger partial charge in [0.05, 0.1) is 31.7 Å². The third kappa shape index (κ3) is 57.6. The number of carbonyl (C=O) groups is 2. The summed E-state index contributed by atoms with van der Waals surface area (Å²) in [5, 5.41) is 0. The summed E-state index contributed by atoms with van der Waals surface area (Å²) in [5.41, 5.74) is 0. The maximum absolute atomic E-state index is 11.9. The average molecular weight is 958 g/mol. The monoisotopic (exact) mass is 957 g/mol. The first-order valence-electron chi connectivity index (χ1n) is 25.4. The molecule has 368 valence electrons. The van der Waals surface area contributed by atoms with Gasteiger partial charge in [0.1, 0.15) is 0 Å². The molecule has 0 fully saturated rings. The molecule has 0 N–H and O–H groups in total. The molecule has 0 heterocycles. The minimum absolute atomic E-state index is 0. The summed E-state index contributed by atoms with van der Waals surface area (Å²) in [4.78, 5) is 26.4. The van der Waals surface area contributed by atoms with Crippen molar-refractivity contribution in [2.24, 2.45) is 0 Å². The second-order valence-corrected chi connectivity index (χ2v) is 20.7. The van der Waals surface area contributed by atoms with Gasteiger partial charge in [0.15, 0.2) is 0 Å². The number of allylic oxidation sites excluding steroid dienone is 4. The van der Waals surface area contributed by atoms with Gasteiger partial charge in [-0.15, -0.1) is 0 Å². The van der Waals surface area contributed by atoms with Gasteiger partial charge in [0.2, 0.25) is 11.8 Å². The molecule has 0 rings (SSSR count). The van der Waals surface area contributed by atoms with Crippen LogP contribution in [0, 0.1) is 0 Å². The van der Waals surface area contributed by atoms with Crippen LogP contribution < -0.4 is 0 Å². The van der Waals surface area contributed by atoms with Crippen molar-refractivity contribution in [3.63, 3.8) is 0 Å². The fourth-order valence-corrected chi connectivity index (χ4v) is 8.23. The predicted octanol–water partition coefficient (Wildman–Crippen LogP) is 12.8. The number of hydrogen-bond acceptors (Lipinski definition) is 8. The maximum Gasteiger partial charge on any atom is 2.00 e. The van der Waals surface area contributed by atoms with Crippen molar-refractivity contribution in [1.82, 2.24) is 9.80 Å². The smallest absolute Gasteiger partial charge is 0.748 e. The topological polar surface area (TPSA) is 155 Å². The van der Waals surface area contributed by atoms with Gasteiger partial charge in [-0.05, 0) is 64.2 Å². The molecule has 0 saturated heterocycles. The molecule has 0 radical (unpaired) electrons. The molecule has 0 aromatic carbocycles. The summed E-state index contributed by atoms with van der Waals surface area (Å²) in [7, 11) is -5.40. The zero-order chi connectivity index (χ0) is 46.4. The van der Waals surface area contributed by atoms with Crippen LogP contribution in [-0.4, -0.2) is 124 Å². The molecule has 0 aromatic rings. The zero-order valence-corrected chi connectivity index (χ0v) is 45.1. The van der Waals surface area contributed by atoms with E-state index in [0.717, 1.165) is 38.5 Å². The Kier molecular flexibility index (Phi) is 52.4. The van der Waals surface area contributed by atoms with Gasteiger partial charge >= 0.3 is 37.7 Å². The Labute approximate surface area is 419 Å². The quantitative estimate of drug-likeness (QED) is 0.0253. The van der Waals surface area contributed by atoms with E-state index in [9.17, 15) is 35.5 Å². The van der Waals surface area contributed by atoms with Gasteiger partial charge in [-0.3, -0.25) is 9.59 Å². The number of carbonyl (C=O) groups excluding carboxylic acids is 2. The first-order valence-corrected chi connectivity index (χ1v) is 28.5.